The molecule has 0 radical (unpaired) electrons. The topological polar surface area (TPSA) is 77.0 Å². The van der Waals surface area contributed by atoms with Crippen molar-refractivity contribution in [3.8, 4) is 0 Å². The third-order valence-electron chi connectivity index (χ3n) is 5.27. The second kappa shape index (κ2) is 10.1. The average Bonchev–Trinajstić information content (AvgIpc) is 3.37. The van der Waals surface area contributed by atoms with Gasteiger partial charge in [-0.1, -0.05) is 24.3 Å². The Hall–Kier alpha value is -2.57. The minimum Gasteiger partial charge on any atom is -0.357 e. The summed E-state index contributed by atoms with van der Waals surface area (Å²) in [6.07, 6.45) is 3.78. The molecule has 2 fully saturated rings. The Balaban J connectivity index is 1.60. The molecule has 0 atom stereocenters. The van der Waals surface area contributed by atoms with Gasteiger partial charge in [-0.3, -0.25) is 9.59 Å². The van der Waals surface area contributed by atoms with Crippen LogP contribution in [0.3, 0.4) is 0 Å². The lowest BCUT2D eigenvalue weighted by Gasteiger charge is -2.18. The van der Waals surface area contributed by atoms with E-state index in [9.17, 15) is 9.59 Å². The highest BCUT2D eigenvalue weighted by atomic mass is 16.2. The monoisotopic (exact) mass is 385 g/mol. The molecule has 3 rings (SSSR count). The van der Waals surface area contributed by atoms with Gasteiger partial charge in [-0.2, -0.15) is 0 Å². The number of nitrogens with zero attached hydrogens (tertiary/aromatic N) is 3. The van der Waals surface area contributed by atoms with Crippen LogP contribution in [0.1, 0.15) is 43.7 Å². The number of hydrogen-bond donors (Lipinski definition) is 2. The summed E-state index contributed by atoms with van der Waals surface area (Å²) < 4.78 is 0. The van der Waals surface area contributed by atoms with Crippen molar-refractivity contribution in [2.45, 2.75) is 45.7 Å². The maximum atomic E-state index is 12.2. The maximum absolute atomic E-state index is 12.2. The molecule has 0 bridgehead atoms. The normalized spacial score (nSPS) is 17.3. The van der Waals surface area contributed by atoms with E-state index in [1.54, 1.807) is 0 Å². The fraction of sp³-hybridized carbons (Fsp3) is 0.571. The molecule has 0 saturated carbocycles. The van der Waals surface area contributed by atoms with Crippen LogP contribution in [0.25, 0.3) is 0 Å². The van der Waals surface area contributed by atoms with Gasteiger partial charge in [-0.05, 0) is 37.3 Å². The van der Waals surface area contributed by atoms with Gasteiger partial charge in [0, 0.05) is 39.1 Å². The summed E-state index contributed by atoms with van der Waals surface area (Å²) in [5, 5.41) is 6.35. The maximum Gasteiger partial charge on any atom is 0.241 e. The number of likely N-dealkylation sites (tertiary alicyclic amines) is 2. The number of aliphatic imine (C=N–C) groups is 1. The molecule has 28 heavy (non-hydrogen) atoms. The van der Waals surface area contributed by atoms with Crippen LogP contribution in [0.4, 0.5) is 0 Å². The van der Waals surface area contributed by atoms with Gasteiger partial charge in [0.15, 0.2) is 5.96 Å². The summed E-state index contributed by atoms with van der Waals surface area (Å²) in [7, 11) is 0. The highest BCUT2D eigenvalue weighted by molar-refractivity contribution is 5.86. The predicted molar refractivity (Wildman–Crippen MR) is 110 cm³/mol. The molecule has 152 valence electrons. The second-order valence-corrected chi connectivity index (χ2v) is 7.32. The fourth-order valence-corrected chi connectivity index (χ4v) is 3.69. The van der Waals surface area contributed by atoms with E-state index in [0.29, 0.717) is 25.5 Å². The zero-order chi connectivity index (χ0) is 19.8. The Labute approximate surface area is 167 Å². The summed E-state index contributed by atoms with van der Waals surface area (Å²) in [4.78, 5) is 32.7. The number of rotatable bonds is 7. The molecule has 1 aromatic carbocycles. The Morgan fingerprint density at radius 3 is 2.50 bits per heavy atom. The minimum atomic E-state index is 0.121. The smallest absolute Gasteiger partial charge is 0.241 e. The second-order valence-electron chi connectivity index (χ2n) is 7.32. The molecule has 2 heterocycles. The van der Waals surface area contributed by atoms with Crippen LogP contribution in [0.5, 0.6) is 0 Å². The van der Waals surface area contributed by atoms with E-state index >= 15 is 0 Å². The molecule has 2 aliphatic heterocycles. The number of amides is 2. The van der Waals surface area contributed by atoms with E-state index < -0.39 is 0 Å². The molecular weight excluding hydrogens is 354 g/mol. The minimum absolute atomic E-state index is 0.121. The van der Waals surface area contributed by atoms with Gasteiger partial charge < -0.3 is 20.4 Å². The Kier molecular flexibility index (Phi) is 7.28. The summed E-state index contributed by atoms with van der Waals surface area (Å²) >= 11 is 0. The lowest BCUT2D eigenvalue weighted by molar-refractivity contribution is -0.129. The van der Waals surface area contributed by atoms with Crippen LogP contribution in [-0.4, -0.2) is 60.3 Å². The molecule has 2 aliphatic rings. The van der Waals surface area contributed by atoms with Crippen LogP contribution in [0.15, 0.2) is 29.3 Å². The van der Waals surface area contributed by atoms with E-state index in [-0.39, 0.29) is 18.4 Å². The molecule has 7 nitrogen and oxygen atoms in total. The number of guanidine groups is 1. The standard InChI is InChI=1S/C21H31N5O2/c1-2-22-21(24-15-20(28)25-11-5-6-12-25)23-14-17-8-3-4-9-18(17)16-26-13-7-10-19(26)27/h3-4,8-9H,2,5-7,10-16H2,1H3,(H2,22,23,24). The van der Waals surface area contributed by atoms with Gasteiger partial charge in [-0.25, -0.2) is 4.99 Å². The number of benzene rings is 1. The number of carbonyl (C=O) groups is 2. The van der Waals surface area contributed by atoms with Crippen LogP contribution < -0.4 is 10.6 Å². The van der Waals surface area contributed by atoms with Crippen LogP contribution in [0, 0.1) is 0 Å². The van der Waals surface area contributed by atoms with Crippen molar-refractivity contribution >= 4 is 17.8 Å². The van der Waals surface area contributed by atoms with Crippen LogP contribution in [-0.2, 0) is 22.7 Å². The van der Waals surface area contributed by atoms with E-state index in [0.717, 1.165) is 56.6 Å². The number of nitrogens with one attached hydrogen (secondary N) is 2. The average molecular weight is 386 g/mol. The first-order valence-corrected chi connectivity index (χ1v) is 10.3. The van der Waals surface area contributed by atoms with Gasteiger partial charge in [0.1, 0.15) is 0 Å². The molecule has 2 saturated heterocycles. The van der Waals surface area contributed by atoms with Gasteiger partial charge in [-0.15, -0.1) is 0 Å². The molecule has 0 aliphatic carbocycles. The van der Waals surface area contributed by atoms with Crippen molar-refractivity contribution in [3.63, 3.8) is 0 Å². The summed E-state index contributed by atoms with van der Waals surface area (Å²) in [5.74, 6) is 0.992. The molecule has 2 amide bonds. The van der Waals surface area contributed by atoms with Crippen LogP contribution >= 0.6 is 0 Å². The zero-order valence-electron chi connectivity index (χ0n) is 16.7. The van der Waals surface area contributed by atoms with Crippen LogP contribution in [0.2, 0.25) is 0 Å². The third kappa shape index (κ3) is 5.47. The predicted octanol–water partition coefficient (Wildman–Crippen LogP) is 1.49. The Morgan fingerprint density at radius 1 is 1.07 bits per heavy atom. The number of hydrogen-bond acceptors (Lipinski definition) is 3. The molecule has 0 aromatic heterocycles. The van der Waals surface area contributed by atoms with Crippen molar-refractivity contribution in [2.24, 2.45) is 4.99 Å². The lowest BCUT2D eigenvalue weighted by atomic mass is 10.1. The molecule has 2 N–H and O–H groups in total. The third-order valence-corrected chi connectivity index (χ3v) is 5.27. The summed E-state index contributed by atoms with van der Waals surface area (Å²) in [6.45, 7) is 6.69. The largest absolute Gasteiger partial charge is 0.357 e. The highest BCUT2D eigenvalue weighted by Crippen LogP contribution is 2.17. The molecule has 0 spiro atoms. The first kappa shape index (κ1) is 20.2. The Morgan fingerprint density at radius 2 is 1.82 bits per heavy atom. The summed E-state index contributed by atoms with van der Waals surface area (Å²) in [6, 6.07) is 8.12. The van der Waals surface area contributed by atoms with Crippen molar-refractivity contribution in [1.29, 1.82) is 0 Å². The fourth-order valence-electron chi connectivity index (χ4n) is 3.69. The first-order chi connectivity index (χ1) is 13.7. The van der Waals surface area contributed by atoms with E-state index in [4.69, 9.17) is 0 Å². The van der Waals surface area contributed by atoms with Crippen molar-refractivity contribution in [2.75, 3.05) is 32.7 Å². The SMILES string of the molecule is CCNC(=NCc1ccccc1CN1CCCC1=O)NCC(=O)N1CCCC1. The first-order valence-electron chi connectivity index (χ1n) is 10.3. The van der Waals surface area contributed by atoms with E-state index in [2.05, 4.69) is 27.8 Å². The molecule has 1 aromatic rings. The van der Waals surface area contributed by atoms with E-state index in [1.165, 1.54) is 0 Å². The van der Waals surface area contributed by atoms with Gasteiger partial charge in [0.2, 0.25) is 11.8 Å². The molecule has 7 heteroatoms. The quantitative estimate of drug-likeness (QED) is 0.551. The number of carbonyl (C=O) groups excluding carboxylic acids is 2. The lowest BCUT2D eigenvalue weighted by Crippen LogP contribution is -2.44. The zero-order valence-corrected chi connectivity index (χ0v) is 16.7. The molecule has 0 unspecified atom stereocenters. The van der Waals surface area contributed by atoms with Gasteiger partial charge >= 0.3 is 0 Å². The van der Waals surface area contributed by atoms with Crippen molar-refractivity contribution < 1.29 is 9.59 Å². The van der Waals surface area contributed by atoms with Gasteiger partial charge in [0.25, 0.3) is 0 Å². The Bertz CT molecular complexity index is 713. The summed E-state index contributed by atoms with van der Waals surface area (Å²) in [5.41, 5.74) is 2.23. The molecular formula is C21H31N5O2. The van der Waals surface area contributed by atoms with Crippen molar-refractivity contribution in [1.82, 2.24) is 20.4 Å². The van der Waals surface area contributed by atoms with Gasteiger partial charge in [0.05, 0.1) is 13.1 Å². The highest BCUT2D eigenvalue weighted by Gasteiger charge is 2.21. The van der Waals surface area contributed by atoms with Crippen molar-refractivity contribution in [3.05, 3.63) is 35.4 Å². The van der Waals surface area contributed by atoms with E-state index in [1.807, 2.05) is 28.9 Å².